The summed E-state index contributed by atoms with van der Waals surface area (Å²) in [5.41, 5.74) is 1.23. The minimum atomic E-state index is -2.88. The minimum absolute atomic E-state index is 0.254. The molecule has 1 heterocycles. The van der Waals surface area contributed by atoms with Crippen molar-refractivity contribution in [3.05, 3.63) is 29.8 Å². The van der Waals surface area contributed by atoms with Crippen LogP contribution in [0.5, 0.6) is 5.75 Å². The Morgan fingerprint density at radius 1 is 1.40 bits per heavy atom. The van der Waals surface area contributed by atoms with E-state index in [0.717, 1.165) is 18.7 Å². The number of sulfone groups is 1. The molecule has 1 N–H and O–H groups in total. The highest BCUT2D eigenvalue weighted by Crippen LogP contribution is 2.36. The van der Waals surface area contributed by atoms with Gasteiger partial charge in [0.25, 0.3) is 0 Å². The first kappa shape index (κ1) is 15.3. The number of hydrogen-bond donors (Lipinski definition) is 1. The first-order valence-electron chi connectivity index (χ1n) is 7.14. The summed E-state index contributed by atoms with van der Waals surface area (Å²) in [5.74, 6) is 1.53. The highest BCUT2D eigenvalue weighted by molar-refractivity contribution is 7.90. The van der Waals surface area contributed by atoms with Gasteiger partial charge in [-0.05, 0) is 25.5 Å². The van der Waals surface area contributed by atoms with Gasteiger partial charge in [0.05, 0.1) is 6.61 Å². The molecule has 0 bridgehead atoms. The Morgan fingerprint density at radius 2 is 2.15 bits per heavy atom. The zero-order chi connectivity index (χ0) is 14.6. The van der Waals surface area contributed by atoms with Gasteiger partial charge in [-0.25, -0.2) is 8.42 Å². The molecule has 0 saturated heterocycles. The fourth-order valence-corrected chi connectivity index (χ4v) is 3.48. The van der Waals surface area contributed by atoms with Crippen molar-refractivity contribution < 1.29 is 13.2 Å². The fraction of sp³-hybridized carbons (Fsp3) is 0.600. The number of rotatable bonds is 7. The average Bonchev–Trinajstić information content (AvgIpc) is 2.80. The summed E-state index contributed by atoms with van der Waals surface area (Å²) in [6.07, 6.45) is 2.83. The molecule has 0 radical (unpaired) electrons. The quantitative estimate of drug-likeness (QED) is 0.836. The van der Waals surface area contributed by atoms with Gasteiger partial charge in [-0.1, -0.05) is 25.1 Å². The maximum Gasteiger partial charge on any atom is 0.147 e. The van der Waals surface area contributed by atoms with Crippen molar-refractivity contribution in [3.63, 3.8) is 0 Å². The standard InChI is InChI=1S/C15H23NO3S/c1-3-16-14(8-6-10-20(2,17)18)13-11-19-15-9-5-4-7-12(13)15/h4-5,7,9,13-14,16H,3,6,8,10-11H2,1-2H3. The maximum absolute atomic E-state index is 11.2. The van der Waals surface area contributed by atoms with Crippen LogP contribution >= 0.6 is 0 Å². The van der Waals surface area contributed by atoms with Gasteiger partial charge in [-0.2, -0.15) is 0 Å². The Hall–Kier alpha value is -1.07. The lowest BCUT2D eigenvalue weighted by Gasteiger charge is -2.23. The number of para-hydroxylation sites is 1. The molecule has 0 fully saturated rings. The van der Waals surface area contributed by atoms with Gasteiger partial charge in [-0.3, -0.25) is 0 Å². The van der Waals surface area contributed by atoms with Crippen LogP contribution in [0.25, 0.3) is 0 Å². The largest absolute Gasteiger partial charge is 0.493 e. The van der Waals surface area contributed by atoms with Crippen molar-refractivity contribution in [2.24, 2.45) is 0 Å². The molecule has 2 rings (SSSR count). The number of likely N-dealkylation sites (N-methyl/N-ethyl adjacent to an activating group) is 1. The summed E-state index contributed by atoms with van der Waals surface area (Å²) < 4.78 is 28.2. The monoisotopic (exact) mass is 297 g/mol. The molecule has 112 valence electrons. The molecule has 1 aliphatic rings. The number of nitrogens with one attached hydrogen (secondary N) is 1. The Bertz CT molecular complexity index is 542. The van der Waals surface area contributed by atoms with E-state index in [9.17, 15) is 8.42 Å². The van der Waals surface area contributed by atoms with E-state index in [4.69, 9.17) is 4.74 Å². The van der Waals surface area contributed by atoms with E-state index in [1.807, 2.05) is 18.2 Å². The lowest BCUT2D eigenvalue weighted by molar-refractivity contribution is 0.292. The lowest BCUT2D eigenvalue weighted by atomic mass is 9.90. The second-order valence-corrected chi connectivity index (χ2v) is 7.65. The average molecular weight is 297 g/mol. The molecule has 5 heteroatoms. The molecular formula is C15H23NO3S. The topological polar surface area (TPSA) is 55.4 Å². The van der Waals surface area contributed by atoms with Crippen LogP contribution in [0, 0.1) is 0 Å². The number of ether oxygens (including phenoxy) is 1. The second kappa shape index (κ2) is 6.59. The summed E-state index contributed by atoms with van der Waals surface area (Å²) in [5, 5.41) is 3.48. The van der Waals surface area contributed by atoms with Crippen molar-refractivity contribution in [2.45, 2.75) is 31.7 Å². The van der Waals surface area contributed by atoms with Crippen LogP contribution in [0.3, 0.4) is 0 Å². The molecule has 2 atom stereocenters. The molecule has 20 heavy (non-hydrogen) atoms. The third-order valence-electron chi connectivity index (χ3n) is 3.72. The van der Waals surface area contributed by atoms with E-state index in [-0.39, 0.29) is 11.8 Å². The molecule has 0 amide bonds. The van der Waals surface area contributed by atoms with E-state index in [0.29, 0.717) is 18.9 Å². The van der Waals surface area contributed by atoms with Gasteiger partial charge < -0.3 is 10.1 Å². The highest BCUT2D eigenvalue weighted by atomic mass is 32.2. The third-order valence-corrected chi connectivity index (χ3v) is 4.75. The van der Waals surface area contributed by atoms with E-state index in [1.54, 1.807) is 0 Å². The minimum Gasteiger partial charge on any atom is -0.493 e. The smallest absolute Gasteiger partial charge is 0.147 e. The number of fused-ring (bicyclic) bond motifs is 1. The van der Waals surface area contributed by atoms with Crippen molar-refractivity contribution in [2.75, 3.05) is 25.2 Å². The summed E-state index contributed by atoms with van der Waals surface area (Å²) in [6.45, 7) is 3.63. The van der Waals surface area contributed by atoms with Gasteiger partial charge >= 0.3 is 0 Å². The highest BCUT2D eigenvalue weighted by Gasteiger charge is 2.30. The second-order valence-electron chi connectivity index (χ2n) is 5.39. The van der Waals surface area contributed by atoms with Gasteiger partial charge in [-0.15, -0.1) is 0 Å². The Kier molecular flexibility index (Phi) is 5.05. The molecule has 0 aromatic heterocycles. The van der Waals surface area contributed by atoms with Gasteiger partial charge in [0.1, 0.15) is 15.6 Å². The van der Waals surface area contributed by atoms with Crippen LogP contribution in [-0.2, 0) is 9.84 Å². The Labute approximate surface area is 121 Å². The van der Waals surface area contributed by atoms with Crippen molar-refractivity contribution in [3.8, 4) is 5.75 Å². The Morgan fingerprint density at radius 3 is 2.85 bits per heavy atom. The van der Waals surface area contributed by atoms with Crippen molar-refractivity contribution >= 4 is 9.84 Å². The van der Waals surface area contributed by atoms with Crippen LogP contribution in [0.15, 0.2) is 24.3 Å². The molecule has 0 spiro atoms. The maximum atomic E-state index is 11.2. The molecular weight excluding hydrogens is 274 g/mol. The normalized spacial score (nSPS) is 19.4. The molecule has 0 saturated carbocycles. The molecule has 1 aromatic rings. The number of hydrogen-bond acceptors (Lipinski definition) is 4. The Balaban J connectivity index is 2.02. The lowest BCUT2D eigenvalue weighted by Crippen LogP contribution is -2.36. The van der Waals surface area contributed by atoms with Crippen LogP contribution in [0.1, 0.15) is 31.2 Å². The predicted molar refractivity (Wildman–Crippen MR) is 81.1 cm³/mol. The first-order valence-corrected chi connectivity index (χ1v) is 9.20. The van der Waals surface area contributed by atoms with Crippen LogP contribution < -0.4 is 10.1 Å². The molecule has 2 unspecified atom stereocenters. The van der Waals surface area contributed by atoms with E-state index in [1.165, 1.54) is 11.8 Å². The summed E-state index contributed by atoms with van der Waals surface area (Å²) in [6, 6.07) is 8.38. The van der Waals surface area contributed by atoms with Crippen LogP contribution in [0.2, 0.25) is 0 Å². The summed E-state index contributed by atoms with van der Waals surface area (Å²) in [7, 11) is -2.88. The number of benzene rings is 1. The summed E-state index contributed by atoms with van der Waals surface area (Å²) in [4.78, 5) is 0. The third kappa shape index (κ3) is 3.96. The van der Waals surface area contributed by atoms with Crippen LogP contribution in [-0.4, -0.2) is 39.6 Å². The van der Waals surface area contributed by atoms with Gasteiger partial charge in [0.2, 0.25) is 0 Å². The van der Waals surface area contributed by atoms with Gasteiger partial charge in [0.15, 0.2) is 0 Å². The van der Waals surface area contributed by atoms with Crippen molar-refractivity contribution in [1.29, 1.82) is 0 Å². The molecule has 4 nitrogen and oxygen atoms in total. The van der Waals surface area contributed by atoms with E-state index < -0.39 is 9.84 Å². The predicted octanol–water partition coefficient (Wildman–Crippen LogP) is 1.97. The molecule has 1 aliphatic heterocycles. The molecule has 1 aromatic carbocycles. The zero-order valence-electron chi connectivity index (χ0n) is 12.1. The van der Waals surface area contributed by atoms with E-state index >= 15 is 0 Å². The molecule has 0 aliphatic carbocycles. The fourth-order valence-electron chi connectivity index (χ4n) is 2.79. The van der Waals surface area contributed by atoms with E-state index in [2.05, 4.69) is 18.3 Å². The SMILES string of the molecule is CCNC(CCCS(C)(=O)=O)C1COc2ccccc21. The van der Waals surface area contributed by atoms with Gasteiger partial charge in [0, 0.05) is 29.5 Å². The summed E-state index contributed by atoms with van der Waals surface area (Å²) >= 11 is 0. The first-order chi connectivity index (χ1) is 9.51. The zero-order valence-corrected chi connectivity index (χ0v) is 12.9. The van der Waals surface area contributed by atoms with Crippen LogP contribution in [0.4, 0.5) is 0 Å². The van der Waals surface area contributed by atoms with Crippen molar-refractivity contribution in [1.82, 2.24) is 5.32 Å².